The Morgan fingerprint density at radius 1 is 1.50 bits per heavy atom. The minimum Gasteiger partial charge on any atom is -0.466 e. The van der Waals surface area contributed by atoms with Crippen molar-refractivity contribution in [2.45, 2.75) is 12.8 Å². The quantitative estimate of drug-likeness (QED) is 0.338. The molecule has 1 aliphatic heterocycles. The molecule has 0 unspecified atom stereocenters. The SMILES string of the molecule is O=C(CCN1CC1)OCCCO. The molecular formula is C8H15NO3. The molecule has 0 aromatic rings. The summed E-state index contributed by atoms with van der Waals surface area (Å²) in [5.74, 6) is -0.157. The Bertz CT molecular complexity index is 145. The summed E-state index contributed by atoms with van der Waals surface area (Å²) in [7, 11) is 0. The van der Waals surface area contributed by atoms with E-state index in [1.165, 1.54) is 0 Å². The first kappa shape index (κ1) is 9.48. The van der Waals surface area contributed by atoms with Crippen LogP contribution in [0.25, 0.3) is 0 Å². The summed E-state index contributed by atoms with van der Waals surface area (Å²) in [4.78, 5) is 13.1. The van der Waals surface area contributed by atoms with Gasteiger partial charge in [0.1, 0.15) is 0 Å². The average Bonchev–Trinajstić information content (AvgIpc) is 2.84. The zero-order valence-electron chi connectivity index (χ0n) is 7.16. The Morgan fingerprint density at radius 3 is 2.83 bits per heavy atom. The Hall–Kier alpha value is -0.610. The molecule has 0 amide bonds. The highest BCUT2D eigenvalue weighted by atomic mass is 16.5. The van der Waals surface area contributed by atoms with E-state index in [9.17, 15) is 4.79 Å². The van der Waals surface area contributed by atoms with Crippen LogP contribution in [-0.2, 0) is 9.53 Å². The Balaban J connectivity index is 1.88. The number of hydrogen-bond donors (Lipinski definition) is 1. The van der Waals surface area contributed by atoms with Crippen LogP contribution in [0.4, 0.5) is 0 Å². The first-order valence-electron chi connectivity index (χ1n) is 4.32. The molecule has 1 rings (SSSR count). The second kappa shape index (κ2) is 5.11. The van der Waals surface area contributed by atoms with Gasteiger partial charge in [0, 0.05) is 32.7 Å². The minimum absolute atomic E-state index is 0.0827. The number of carbonyl (C=O) groups excluding carboxylic acids is 1. The van der Waals surface area contributed by atoms with E-state index in [1.807, 2.05) is 0 Å². The predicted octanol–water partition coefficient (Wildman–Crippen LogP) is -0.382. The maximum absolute atomic E-state index is 10.9. The van der Waals surface area contributed by atoms with Crippen LogP contribution in [0.1, 0.15) is 12.8 Å². The maximum atomic E-state index is 10.9. The zero-order chi connectivity index (χ0) is 8.81. The molecule has 0 bridgehead atoms. The van der Waals surface area contributed by atoms with E-state index in [-0.39, 0.29) is 12.6 Å². The molecular weight excluding hydrogens is 158 g/mol. The summed E-state index contributed by atoms with van der Waals surface area (Å²) >= 11 is 0. The molecule has 1 aliphatic rings. The van der Waals surface area contributed by atoms with Crippen LogP contribution in [0, 0.1) is 0 Å². The van der Waals surface area contributed by atoms with Gasteiger partial charge in [-0.2, -0.15) is 0 Å². The maximum Gasteiger partial charge on any atom is 0.307 e. The molecule has 0 saturated carbocycles. The van der Waals surface area contributed by atoms with Crippen LogP contribution in [0.3, 0.4) is 0 Å². The molecule has 0 spiro atoms. The standard InChI is InChI=1S/C8H15NO3/c10-6-1-7-12-8(11)2-3-9-4-5-9/h10H,1-7H2. The third-order valence-electron chi connectivity index (χ3n) is 1.74. The van der Waals surface area contributed by atoms with Crippen LogP contribution in [0.15, 0.2) is 0 Å². The lowest BCUT2D eigenvalue weighted by Crippen LogP contribution is -2.12. The number of nitrogens with zero attached hydrogens (tertiary/aromatic N) is 1. The van der Waals surface area contributed by atoms with Gasteiger partial charge in [-0.1, -0.05) is 0 Å². The van der Waals surface area contributed by atoms with Gasteiger partial charge in [-0.3, -0.25) is 4.79 Å². The molecule has 1 saturated heterocycles. The van der Waals surface area contributed by atoms with Gasteiger partial charge in [0.15, 0.2) is 0 Å². The number of rotatable bonds is 6. The van der Waals surface area contributed by atoms with E-state index in [0.29, 0.717) is 19.4 Å². The summed E-state index contributed by atoms with van der Waals surface area (Å²) in [5, 5.41) is 8.41. The van der Waals surface area contributed by atoms with E-state index >= 15 is 0 Å². The number of aliphatic hydroxyl groups is 1. The van der Waals surface area contributed by atoms with Crippen LogP contribution in [0.5, 0.6) is 0 Å². The molecule has 0 aromatic carbocycles. The fourth-order valence-corrected chi connectivity index (χ4v) is 0.866. The molecule has 4 nitrogen and oxygen atoms in total. The van der Waals surface area contributed by atoms with E-state index in [2.05, 4.69) is 4.90 Å². The van der Waals surface area contributed by atoms with Crippen molar-refractivity contribution in [3.63, 3.8) is 0 Å². The van der Waals surface area contributed by atoms with Gasteiger partial charge < -0.3 is 14.7 Å². The lowest BCUT2D eigenvalue weighted by molar-refractivity contribution is -0.144. The first-order chi connectivity index (χ1) is 5.83. The van der Waals surface area contributed by atoms with Gasteiger partial charge >= 0.3 is 5.97 Å². The molecule has 12 heavy (non-hydrogen) atoms. The van der Waals surface area contributed by atoms with Gasteiger partial charge in [0.25, 0.3) is 0 Å². The smallest absolute Gasteiger partial charge is 0.307 e. The van der Waals surface area contributed by atoms with Crippen molar-refractivity contribution in [1.29, 1.82) is 0 Å². The monoisotopic (exact) mass is 173 g/mol. The number of aliphatic hydroxyl groups excluding tert-OH is 1. The molecule has 0 radical (unpaired) electrons. The van der Waals surface area contributed by atoms with E-state index in [4.69, 9.17) is 9.84 Å². The van der Waals surface area contributed by atoms with Crippen molar-refractivity contribution in [3.8, 4) is 0 Å². The topological polar surface area (TPSA) is 49.5 Å². The number of hydrogen-bond acceptors (Lipinski definition) is 4. The second-order valence-electron chi connectivity index (χ2n) is 2.89. The van der Waals surface area contributed by atoms with Gasteiger partial charge in [-0.05, 0) is 0 Å². The van der Waals surface area contributed by atoms with Crippen molar-refractivity contribution < 1.29 is 14.6 Å². The van der Waals surface area contributed by atoms with Crippen LogP contribution >= 0.6 is 0 Å². The third-order valence-corrected chi connectivity index (χ3v) is 1.74. The minimum atomic E-state index is -0.157. The summed E-state index contributed by atoms with van der Waals surface area (Å²) in [6.07, 6.45) is 1.01. The molecule has 1 heterocycles. The van der Waals surface area contributed by atoms with Crippen LogP contribution < -0.4 is 0 Å². The lowest BCUT2D eigenvalue weighted by Gasteiger charge is -2.03. The first-order valence-corrected chi connectivity index (χ1v) is 4.32. The molecule has 0 aromatic heterocycles. The van der Waals surface area contributed by atoms with Gasteiger partial charge in [0.2, 0.25) is 0 Å². The number of esters is 1. The highest BCUT2D eigenvalue weighted by molar-refractivity contribution is 5.69. The Morgan fingerprint density at radius 2 is 2.25 bits per heavy atom. The predicted molar refractivity (Wildman–Crippen MR) is 43.7 cm³/mol. The van der Waals surface area contributed by atoms with Crippen molar-refractivity contribution in [3.05, 3.63) is 0 Å². The van der Waals surface area contributed by atoms with Crippen molar-refractivity contribution in [2.24, 2.45) is 0 Å². The van der Waals surface area contributed by atoms with Gasteiger partial charge in [0.05, 0.1) is 13.0 Å². The highest BCUT2D eigenvalue weighted by Gasteiger charge is 2.17. The fraction of sp³-hybridized carbons (Fsp3) is 0.875. The Kier molecular flexibility index (Phi) is 4.04. The fourth-order valence-electron chi connectivity index (χ4n) is 0.866. The van der Waals surface area contributed by atoms with E-state index < -0.39 is 0 Å². The molecule has 0 aliphatic carbocycles. The van der Waals surface area contributed by atoms with Crippen molar-refractivity contribution in [2.75, 3.05) is 32.8 Å². The number of ether oxygens (including phenoxy) is 1. The van der Waals surface area contributed by atoms with Gasteiger partial charge in [-0.15, -0.1) is 0 Å². The molecule has 1 fully saturated rings. The molecule has 4 heteroatoms. The third kappa shape index (κ3) is 4.31. The average molecular weight is 173 g/mol. The van der Waals surface area contributed by atoms with Crippen molar-refractivity contribution in [1.82, 2.24) is 4.90 Å². The second-order valence-corrected chi connectivity index (χ2v) is 2.89. The van der Waals surface area contributed by atoms with Crippen LogP contribution in [0.2, 0.25) is 0 Å². The normalized spacial score (nSPS) is 16.1. The summed E-state index contributed by atoms with van der Waals surface area (Å²) in [6.45, 7) is 3.47. The van der Waals surface area contributed by atoms with E-state index in [0.717, 1.165) is 19.6 Å². The summed E-state index contributed by atoms with van der Waals surface area (Å²) < 4.78 is 4.84. The molecule has 70 valence electrons. The summed E-state index contributed by atoms with van der Waals surface area (Å²) in [5.41, 5.74) is 0. The summed E-state index contributed by atoms with van der Waals surface area (Å²) in [6, 6.07) is 0. The highest BCUT2D eigenvalue weighted by Crippen LogP contribution is 2.04. The lowest BCUT2D eigenvalue weighted by atomic mass is 10.4. The van der Waals surface area contributed by atoms with Crippen LogP contribution in [-0.4, -0.2) is 48.8 Å². The molecule has 0 atom stereocenters. The molecule has 1 N–H and O–H groups in total. The number of carbonyl (C=O) groups is 1. The zero-order valence-corrected chi connectivity index (χ0v) is 7.16. The Labute approximate surface area is 72.1 Å². The van der Waals surface area contributed by atoms with Crippen molar-refractivity contribution >= 4 is 5.97 Å². The van der Waals surface area contributed by atoms with Gasteiger partial charge in [-0.25, -0.2) is 0 Å². The van der Waals surface area contributed by atoms with E-state index in [1.54, 1.807) is 0 Å². The largest absolute Gasteiger partial charge is 0.466 e.